The fourth-order valence-electron chi connectivity index (χ4n) is 4.33. The Balaban J connectivity index is 1.65. The summed E-state index contributed by atoms with van der Waals surface area (Å²) in [4.78, 5) is 13.0. The molecule has 0 saturated heterocycles. The summed E-state index contributed by atoms with van der Waals surface area (Å²) in [5.74, 6) is 0.0576. The number of ether oxygens (including phenoxy) is 1. The number of fused-ring (bicyclic) bond motifs is 1. The fraction of sp³-hybridized carbons (Fsp3) is 0.320. The van der Waals surface area contributed by atoms with Crippen LogP contribution >= 0.6 is 0 Å². The maximum atomic E-state index is 13.8. The van der Waals surface area contributed by atoms with E-state index in [-0.39, 0.29) is 24.3 Å². The lowest BCUT2D eigenvalue weighted by atomic mass is 9.86. The average molecular weight is 407 g/mol. The molecule has 3 aromatic carbocycles. The molecular formula is C25H26FNO3. The molecule has 0 atom stereocenters. The van der Waals surface area contributed by atoms with Gasteiger partial charge in [-0.2, -0.15) is 0 Å². The van der Waals surface area contributed by atoms with Crippen LogP contribution in [0.25, 0.3) is 21.9 Å². The largest absolute Gasteiger partial charge is 0.494 e. The molecule has 30 heavy (non-hydrogen) atoms. The first-order chi connectivity index (χ1) is 14.6. The van der Waals surface area contributed by atoms with Crippen LogP contribution in [0.3, 0.4) is 0 Å². The zero-order valence-electron chi connectivity index (χ0n) is 17.0. The number of hydrogen-bond acceptors (Lipinski definition) is 3. The van der Waals surface area contributed by atoms with Crippen molar-refractivity contribution in [3.05, 3.63) is 66.0 Å². The minimum atomic E-state index is -0.405. The van der Waals surface area contributed by atoms with E-state index in [9.17, 15) is 14.3 Å². The van der Waals surface area contributed by atoms with E-state index in [1.807, 2.05) is 36.4 Å². The minimum Gasteiger partial charge on any atom is -0.494 e. The first kappa shape index (κ1) is 20.4. The Bertz CT molecular complexity index is 1060. The Morgan fingerprint density at radius 3 is 2.50 bits per heavy atom. The van der Waals surface area contributed by atoms with Gasteiger partial charge in [0.15, 0.2) is 11.6 Å². The molecule has 156 valence electrons. The highest BCUT2D eigenvalue weighted by Gasteiger charge is 2.23. The quantitative estimate of drug-likeness (QED) is 0.630. The molecule has 1 amide bonds. The van der Waals surface area contributed by atoms with Gasteiger partial charge in [-0.25, -0.2) is 4.39 Å². The number of methoxy groups -OCH3 is 1. The molecule has 2 N–H and O–H groups in total. The van der Waals surface area contributed by atoms with Gasteiger partial charge in [-0.05, 0) is 71.7 Å². The molecule has 5 heteroatoms. The number of aliphatic hydroxyl groups is 1. The standard InChI is InChI=1S/C25H26FNO3/c1-30-24-14-17(8-13-23(24)26)19-11-12-22(21-5-3-2-4-20(19)21)25(29)27-18-9-6-16(15-28)7-10-18/h2-5,8,11-14,16,18,28H,6-7,9-10,15H2,1H3,(H,27,29). The van der Waals surface area contributed by atoms with Gasteiger partial charge in [-0.3, -0.25) is 4.79 Å². The zero-order chi connectivity index (χ0) is 21.1. The predicted molar refractivity (Wildman–Crippen MR) is 116 cm³/mol. The second kappa shape index (κ2) is 8.84. The number of carbonyl (C=O) groups excluding carboxylic acids is 1. The van der Waals surface area contributed by atoms with E-state index in [4.69, 9.17) is 4.74 Å². The number of amides is 1. The van der Waals surface area contributed by atoms with Crippen molar-refractivity contribution in [2.45, 2.75) is 31.7 Å². The number of aliphatic hydroxyl groups excluding tert-OH is 1. The average Bonchev–Trinajstić information content (AvgIpc) is 2.79. The van der Waals surface area contributed by atoms with Crippen LogP contribution < -0.4 is 10.1 Å². The third-order valence-electron chi connectivity index (χ3n) is 6.07. The Hall–Kier alpha value is -2.92. The predicted octanol–water partition coefficient (Wildman–Crippen LogP) is 4.94. The Kier molecular flexibility index (Phi) is 6.00. The Morgan fingerprint density at radius 2 is 1.80 bits per heavy atom. The molecule has 0 spiro atoms. The van der Waals surface area contributed by atoms with Gasteiger partial charge >= 0.3 is 0 Å². The van der Waals surface area contributed by atoms with Crippen LogP contribution in [-0.4, -0.2) is 30.8 Å². The van der Waals surface area contributed by atoms with Crippen LogP contribution in [0, 0.1) is 11.7 Å². The van der Waals surface area contributed by atoms with E-state index < -0.39 is 5.82 Å². The molecule has 1 saturated carbocycles. The summed E-state index contributed by atoms with van der Waals surface area (Å²) < 4.78 is 19.0. The van der Waals surface area contributed by atoms with Crippen LogP contribution in [0.4, 0.5) is 4.39 Å². The highest BCUT2D eigenvalue weighted by Crippen LogP contribution is 2.34. The van der Waals surface area contributed by atoms with E-state index in [1.165, 1.54) is 13.2 Å². The molecular weight excluding hydrogens is 381 g/mol. The summed E-state index contributed by atoms with van der Waals surface area (Å²) in [5.41, 5.74) is 2.38. The number of hydrogen-bond donors (Lipinski definition) is 2. The third kappa shape index (κ3) is 4.03. The molecule has 0 aliphatic heterocycles. The Morgan fingerprint density at radius 1 is 1.07 bits per heavy atom. The second-order valence-electron chi connectivity index (χ2n) is 7.93. The van der Waals surface area contributed by atoms with E-state index in [0.717, 1.165) is 47.6 Å². The van der Waals surface area contributed by atoms with E-state index in [2.05, 4.69) is 5.32 Å². The second-order valence-corrected chi connectivity index (χ2v) is 7.93. The van der Waals surface area contributed by atoms with Crippen LogP contribution in [-0.2, 0) is 0 Å². The highest BCUT2D eigenvalue weighted by atomic mass is 19.1. The lowest BCUT2D eigenvalue weighted by molar-refractivity contribution is 0.0915. The van der Waals surface area contributed by atoms with Crippen LogP contribution in [0.2, 0.25) is 0 Å². The van der Waals surface area contributed by atoms with Gasteiger partial charge in [0.05, 0.1) is 7.11 Å². The highest BCUT2D eigenvalue weighted by molar-refractivity contribution is 6.11. The molecule has 0 unspecified atom stereocenters. The number of rotatable bonds is 5. The fourth-order valence-corrected chi connectivity index (χ4v) is 4.33. The van der Waals surface area contributed by atoms with Crippen LogP contribution in [0.15, 0.2) is 54.6 Å². The van der Waals surface area contributed by atoms with Crippen molar-refractivity contribution in [3.63, 3.8) is 0 Å². The number of halogens is 1. The minimum absolute atomic E-state index is 0.0816. The first-order valence-corrected chi connectivity index (χ1v) is 10.4. The topological polar surface area (TPSA) is 58.6 Å². The smallest absolute Gasteiger partial charge is 0.252 e. The summed E-state index contributed by atoms with van der Waals surface area (Å²) in [7, 11) is 1.45. The van der Waals surface area contributed by atoms with E-state index in [1.54, 1.807) is 12.1 Å². The van der Waals surface area contributed by atoms with Gasteiger partial charge in [0.1, 0.15) is 0 Å². The molecule has 0 heterocycles. The summed E-state index contributed by atoms with van der Waals surface area (Å²) in [6, 6.07) is 16.4. The van der Waals surface area contributed by atoms with Crippen molar-refractivity contribution in [2.75, 3.05) is 13.7 Å². The molecule has 3 aromatic rings. The monoisotopic (exact) mass is 407 g/mol. The van der Waals surface area contributed by atoms with Crippen molar-refractivity contribution < 1.29 is 19.0 Å². The van der Waals surface area contributed by atoms with Gasteiger partial charge < -0.3 is 15.2 Å². The zero-order valence-corrected chi connectivity index (χ0v) is 17.0. The Labute approximate surface area is 175 Å². The number of nitrogens with one attached hydrogen (secondary N) is 1. The van der Waals surface area contributed by atoms with Crippen molar-refractivity contribution in [1.82, 2.24) is 5.32 Å². The third-order valence-corrected chi connectivity index (χ3v) is 6.07. The molecule has 1 fully saturated rings. The summed E-state index contributed by atoms with van der Waals surface area (Å²) in [6.45, 7) is 0.223. The molecule has 0 bridgehead atoms. The lowest BCUT2D eigenvalue weighted by Crippen LogP contribution is -2.38. The maximum absolute atomic E-state index is 13.8. The van der Waals surface area contributed by atoms with Crippen molar-refractivity contribution >= 4 is 16.7 Å². The molecule has 4 rings (SSSR count). The molecule has 0 aromatic heterocycles. The number of carbonyl (C=O) groups is 1. The molecule has 0 radical (unpaired) electrons. The van der Waals surface area contributed by atoms with Gasteiger partial charge in [0.25, 0.3) is 5.91 Å². The van der Waals surface area contributed by atoms with E-state index in [0.29, 0.717) is 11.5 Å². The van der Waals surface area contributed by atoms with Gasteiger partial charge in [0, 0.05) is 18.2 Å². The molecule has 1 aliphatic carbocycles. The van der Waals surface area contributed by atoms with Gasteiger partial charge in [0.2, 0.25) is 0 Å². The van der Waals surface area contributed by atoms with Gasteiger partial charge in [-0.1, -0.05) is 36.4 Å². The normalized spacial score (nSPS) is 18.9. The van der Waals surface area contributed by atoms with Crippen molar-refractivity contribution in [1.29, 1.82) is 0 Å². The van der Waals surface area contributed by atoms with Crippen molar-refractivity contribution in [3.8, 4) is 16.9 Å². The SMILES string of the molecule is COc1cc(-c2ccc(C(=O)NC3CCC(CO)CC3)c3ccccc23)ccc1F. The van der Waals surface area contributed by atoms with Gasteiger partial charge in [-0.15, -0.1) is 0 Å². The summed E-state index contributed by atoms with van der Waals surface area (Å²) >= 11 is 0. The van der Waals surface area contributed by atoms with Crippen LogP contribution in [0.1, 0.15) is 36.0 Å². The lowest BCUT2D eigenvalue weighted by Gasteiger charge is -2.28. The van der Waals surface area contributed by atoms with Crippen LogP contribution in [0.5, 0.6) is 5.75 Å². The summed E-state index contributed by atoms with van der Waals surface area (Å²) in [5, 5.41) is 14.3. The molecule has 4 nitrogen and oxygen atoms in total. The molecule has 1 aliphatic rings. The first-order valence-electron chi connectivity index (χ1n) is 10.4. The summed E-state index contributed by atoms with van der Waals surface area (Å²) in [6.07, 6.45) is 3.66. The maximum Gasteiger partial charge on any atom is 0.252 e. The number of benzene rings is 3. The van der Waals surface area contributed by atoms with E-state index >= 15 is 0 Å². The van der Waals surface area contributed by atoms with Crippen molar-refractivity contribution in [2.24, 2.45) is 5.92 Å².